The van der Waals surface area contributed by atoms with E-state index in [-0.39, 0.29) is 5.91 Å². The zero-order valence-corrected chi connectivity index (χ0v) is 10.5. The van der Waals surface area contributed by atoms with Gasteiger partial charge in [-0.15, -0.1) is 0 Å². The third kappa shape index (κ3) is 1.98. The Hall–Kier alpha value is -1.85. The summed E-state index contributed by atoms with van der Waals surface area (Å²) in [7, 11) is 1.81. The molecule has 0 saturated carbocycles. The van der Waals surface area contributed by atoms with E-state index in [1.165, 1.54) is 0 Å². The number of hydrogen-bond acceptors (Lipinski definition) is 3. The van der Waals surface area contributed by atoms with Crippen LogP contribution in [0, 0.1) is 5.92 Å². The van der Waals surface area contributed by atoms with Crippen LogP contribution < -0.4 is 0 Å². The zero-order chi connectivity index (χ0) is 13.3. The summed E-state index contributed by atoms with van der Waals surface area (Å²) in [5.74, 6) is -1.40. The summed E-state index contributed by atoms with van der Waals surface area (Å²) < 4.78 is 1.78. The lowest BCUT2D eigenvalue weighted by molar-refractivity contribution is -0.152. The summed E-state index contributed by atoms with van der Waals surface area (Å²) in [6, 6.07) is -0.416. The molecule has 2 heterocycles. The average molecular weight is 251 g/mol. The number of carboxylic acids is 1. The van der Waals surface area contributed by atoms with Crippen molar-refractivity contribution in [3.63, 3.8) is 0 Å². The minimum absolute atomic E-state index is 0.0150. The molecule has 1 fully saturated rings. The van der Waals surface area contributed by atoms with Gasteiger partial charge in [-0.3, -0.25) is 9.59 Å². The molecular weight excluding hydrogens is 234 g/mol. The molecule has 1 aromatic heterocycles. The van der Waals surface area contributed by atoms with Crippen LogP contribution in [0.5, 0.6) is 0 Å². The number of likely N-dealkylation sites (tertiary alicyclic amines) is 1. The Balaban J connectivity index is 2.43. The van der Waals surface area contributed by atoms with Crippen LogP contribution in [0.4, 0.5) is 0 Å². The van der Waals surface area contributed by atoms with Gasteiger partial charge in [0.05, 0.1) is 30.2 Å². The molecule has 1 aromatic rings. The Morgan fingerprint density at radius 1 is 1.61 bits per heavy atom. The molecule has 1 saturated heterocycles. The van der Waals surface area contributed by atoms with Gasteiger partial charge in [-0.1, -0.05) is 0 Å². The number of aromatic nitrogens is 2. The molecule has 18 heavy (non-hydrogen) atoms. The van der Waals surface area contributed by atoms with Gasteiger partial charge in [0, 0.05) is 20.0 Å². The second kappa shape index (κ2) is 4.80. The maximum atomic E-state index is 11.9. The van der Waals surface area contributed by atoms with E-state index in [9.17, 15) is 14.7 Å². The highest BCUT2D eigenvalue weighted by molar-refractivity contribution is 5.81. The third-order valence-corrected chi connectivity index (χ3v) is 3.52. The predicted octanol–water partition coefficient (Wildman–Crippen LogP) is 0.804. The van der Waals surface area contributed by atoms with E-state index in [2.05, 4.69) is 4.98 Å². The summed E-state index contributed by atoms with van der Waals surface area (Å²) in [5, 5.41) is 9.33. The van der Waals surface area contributed by atoms with Gasteiger partial charge in [-0.05, 0) is 13.3 Å². The maximum absolute atomic E-state index is 11.9. The molecule has 1 N–H and O–H groups in total. The number of nitrogens with zero attached hydrogens (tertiary/aromatic N) is 3. The van der Waals surface area contributed by atoms with Crippen molar-refractivity contribution in [1.82, 2.24) is 14.5 Å². The highest BCUT2D eigenvalue weighted by Crippen LogP contribution is 2.36. The van der Waals surface area contributed by atoms with Crippen molar-refractivity contribution in [3.8, 4) is 0 Å². The Kier molecular flexibility index (Phi) is 3.36. The number of amides is 1. The number of piperidine rings is 1. The van der Waals surface area contributed by atoms with Gasteiger partial charge in [0.15, 0.2) is 0 Å². The molecule has 0 bridgehead atoms. The van der Waals surface area contributed by atoms with Crippen molar-refractivity contribution >= 4 is 11.9 Å². The zero-order valence-electron chi connectivity index (χ0n) is 10.5. The molecule has 6 heteroatoms. The fraction of sp³-hybridized carbons (Fsp3) is 0.583. The smallest absolute Gasteiger partial charge is 0.309 e. The Bertz CT molecular complexity index is 467. The number of carbonyl (C=O) groups excluding carboxylic acids is 1. The lowest BCUT2D eigenvalue weighted by Gasteiger charge is -2.38. The fourth-order valence-corrected chi connectivity index (χ4v) is 2.60. The van der Waals surface area contributed by atoms with Crippen LogP contribution in [0.3, 0.4) is 0 Å². The molecule has 2 rings (SSSR count). The second-order valence-electron chi connectivity index (χ2n) is 4.54. The summed E-state index contributed by atoms with van der Waals surface area (Å²) >= 11 is 0. The molecule has 98 valence electrons. The Morgan fingerprint density at radius 2 is 2.33 bits per heavy atom. The summed E-state index contributed by atoms with van der Waals surface area (Å²) in [4.78, 5) is 28.9. The van der Waals surface area contributed by atoms with Gasteiger partial charge in [-0.2, -0.15) is 0 Å². The minimum atomic E-state index is -0.854. The van der Waals surface area contributed by atoms with Crippen LogP contribution in [-0.4, -0.2) is 38.0 Å². The Labute approximate surface area is 105 Å². The number of hydrogen-bond donors (Lipinski definition) is 1. The third-order valence-electron chi connectivity index (χ3n) is 3.52. The molecule has 6 nitrogen and oxygen atoms in total. The van der Waals surface area contributed by atoms with Crippen molar-refractivity contribution in [3.05, 3.63) is 18.2 Å². The molecule has 0 aliphatic carbocycles. The van der Waals surface area contributed by atoms with Gasteiger partial charge >= 0.3 is 5.97 Å². The molecule has 0 radical (unpaired) electrons. The molecular formula is C12H17N3O3. The van der Waals surface area contributed by atoms with E-state index in [1.54, 1.807) is 22.0 Å². The van der Waals surface area contributed by atoms with Gasteiger partial charge in [0.1, 0.15) is 0 Å². The SMILES string of the molecule is CCN1C(=O)CCC(C(=O)O)C1c1cncn1C. The number of carbonyl (C=O) groups is 2. The Morgan fingerprint density at radius 3 is 2.83 bits per heavy atom. The highest BCUT2D eigenvalue weighted by Gasteiger charge is 2.41. The number of carboxylic acid groups (broad SMARTS) is 1. The van der Waals surface area contributed by atoms with Crippen LogP contribution in [0.15, 0.2) is 12.5 Å². The predicted molar refractivity (Wildman–Crippen MR) is 63.7 cm³/mol. The van der Waals surface area contributed by atoms with Crippen molar-refractivity contribution in [2.75, 3.05) is 6.54 Å². The quantitative estimate of drug-likeness (QED) is 0.862. The monoisotopic (exact) mass is 251 g/mol. The fourth-order valence-electron chi connectivity index (χ4n) is 2.60. The number of aliphatic carboxylic acids is 1. The molecule has 2 unspecified atom stereocenters. The first-order valence-electron chi connectivity index (χ1n) is 6.04. The van der Waals surface area contributed by atoms with E-state index >= 15 is 0 Å². The molecule has 1 aliphatic heterocycles. The normalized spacial score (nSPS) is 24.3. The van der Waals surface area contributed by atoms with Crippen LogP contribution in [0.1, 0.15) is 31.5 Å². The van der Waals surface area contributed by atoms with Crippen LogP contribution >= 0.6 is 0 Å². The first-order chi connectivity index (χ1) is 8.56. The van der Waals surface area contributed by atoms with Gasteiger partial charge in [0.25, 0.3) is 0 Å². The lowest BCUT2D eigenvalue weighted by Crippen LogP contribution is -2.45. The lowest BCUT2D eigenvalue weighted by atomic mass is 9.87. The van der Waals surface area contributed by atoms with Crippen LogP contribution in [0.25, 0.3) is 0 Å². The van der Waals surface area contributed by atoms with Crippen molar-refractivity contribution < 1.29 is 14.7 Å². The van der Waals surface area contributed by atoms with Crippen molar-refractivity contribution in [1.29, 1.82) is 0 Å². The summed E-state index contributed by atoms with van der Waals surface area (Å²) in [5.41, 5.74) is 0.775. The van der Waals surface area contributed by atoms with Crippen molar-refractivity contribution in [2.24, 2.45) is 13.0 Å². The average Bonchev–Trinajstić information content (AvgIpc) is 2.74. The number of aryl methyl sites for hydroxylation is 1. The molecule has 2 atom stereocenters. The summed E-state index contributed by atoms with van der Waals surface area (Å²) in [6.45, 7) is 2.38. The molecule has 0 spiro atoms. The number of imidazole rings is 1. The van der Waals surface area contributed by atoms with Gasteiger partial charge in [-0.25, -0.2) is 4.98 Å². The summed E-state index contributed by atoms with van der Waals surface area (Å²) in [6.07, 6.45) is 3.96. The van der Waals surface area contributed by atoms with Crippen LogP contribution in [0.2, 0.25) is 0 Å². The van der Waals surface area contributed by atoms with E-state index in [4.69, 9.17) is 0 Å². The first-order valence-corrected chi connectivity index (χ1v) is 6.04. The van der Waals surface area contributed by atoms with Gasteiger partial charge in [0.2, 0.25) is 5.91 Å². The number of rotatable bonds is 3. The van der Waals surface area contributed by atoms with E-state index in [0.29, 0.717) is 19.4 Å². The van der Waals surface area contributed by atoms with Gasteiger partial charge < -0.3 is 14.6 Å². The molecule has 1 amide bonds. The standard InChI is InChI=1S/C12H17N3O3/c1-3-15-10(16)5-4-8(12(17)18)11(15)9-6-13-7-14(9)2/h6-8,11H,3-5H2,1-2H3,(H,17,18). The van der Waals surface area contributed by atoms with E-state index < -0.39 is 17.9 Å². The second-order valence-corrected chi connectivity index (χ2v) is 4.54. The highest BCUT2D eigenvalue weighted by atomic mass is 16.4. The first kappa shape index (κ1) is 12.6. The minimum Gasteiger partial charge on any atom is -0.481 e. The van der Waals surface area contributed by atoms with E-state index in [0.717, 1.165) is 5.69 Å². The largest absolute Gasteiger partial charge is 0.481 e. The van der Waals surface area contributed by atoms with E-state index in [1.807, 2.05) is 14.0 Å². The van der Waals surface area contributed by atoms with Crippen LogP contribution in [-0.2, 0) is 16.6 Å². The topological polar surface area (TPSA) is 75.4 Å². The van der Waals surface area contributed by atoms with Crippen molar-refractivity contribution in [2.45, 2.75) is 25.8 Å². The maximum Gasteiger partial charge on any atom is 0.309 e. The molecule has 1 aliphatic rings. The molecule has 0 aromatic carbocycles.